The second-order valence-electron chi connectivity index (χ2n) is 3.86. The van der Waals surface area contributed by atoms with Gasteiger partial charge in [-0.1, -0.05) is 29.3 Å². The molecular formula is C12H12ClN5S. The maximum absolute atomic E-state index is 6.03. The molecule has 0 radical (unpaired) electrons. The monoisotopic (exact) mass is 293 g/mol. The van der Waals surface area contributed by atoms with E-state index in [-0.39, 0.29) is 5.11 Å². The highest BCUT2D eigenvalue weighted by Gasteiger charge is 2.08. The van der Waals surface area contributed by atoms with E-state index in [0.29, 0.717) is 10.8 Å². The third-order valence-electron chi connectivity index (χ3n) is 2.43. The Morgan fingerprint density at radius 3 is 2.79 bits per heavy atom. The van der Waals surface area contributed by atoms with Crippen molar-refractivity contribution in [3.05, 3.63) is 47.0 Å². The van der Waals surface area contributed by atoms with Crippen molar-refractivity contribution < 1.29 is 0 Å². The maximum Gasteiger partial charge on any atom is 0.184 e. The molecule has 1 aromatic heterocycles. The lowest BCUT2D eigenvalue weighted by Gasteiger charge is -2.05. The highest BCUT2D eigenvalue weighted by atomic mass is 35.5. The summed E-state index contributed by atoms with van der Waals surface area (Å²) in [5.41, 5.74) is 10.5. The fourth-order valence-electron chi connectivity index (χ4n) is 1.52. The van der Waals surface area contributed by atoms with Gasteiger partial charge in [-0.3, -0.25) is 9.99 Å². The summed E-state index contributed by atoms with van der Waals surface area (Å²) >= 11 is 10.7. The first-order valence-corrected chi connectivity index (χ1v) is 6.25. The first-order valence-electron chi connectivity index (χ1n) is 5.46. The molecule has 19 heavy (non-hydrogen) atoms. The normalized spacial score (nSPS) is 10.8. The Labute approximate surface area is 121 Å². The quantitative estimate of drug-likeness (QED) is 0.516. The van der Waals surface area contributed by atoms with Crippen LogP contribution in [0.5, 0.6) is 0 Å². The molecule has 5 nitrogen and oxygen atoms in total. The molecule has 1 aromatic carbocycles. The smallest absolute Gasteiger partial charge is 0.184 e. The molecule has 0 bridgehead atoms. The number of thiocarbonyl (C=S) groups is 1. The maximum atomic E-state index is 6.03. The number of benzene rings is 1. The van der Waals surface area contributed by atoms with Gasteiger partial charge in [-0.2, -0.15) is 5.10 Å². The molecular weight excluding hydrogens is 282 g/mol. The van der Waals surface area contributed by atoms with Crippen LogP contribution in [0.15, 0.2) is 35.7 Å². The second-order valence-corrected chi connectivity index (χ2v) is 4.66. The number of nitrogens with zero attached hydrogens (tertiary/aromatic N) is 3. The summed E-state index contributed by atoms with van der Waals surface area (Å²) in [6, 6.07) is 7.98. The minimum absolute atomic E-state index is 0.0915. The molecule has 0 unspecified atom stereocenters. The van der Waals surface area contributed by atoms with Crippen molar-refractivity contribution in [1.82, 2.24) is 15.0 Å². The number of halogens is 1. The largest absolute Gasteiger partial charge is 0.375 e. The van der Waals surface area contributed by atoms with E-state index in [1.165, 1.54) is 11.8 Å². The summed E-state index contributed by atoms with van der Waals surface area (Å²) in [5.74, 6) is 0. The van der Waals surface area contributed by atoms with Crippen molar-refractivity contribution in [2.45, 2.75) is 6.92 Å². The van der Waals surface area contributed by atoms with Gasteiger partial charge in [0.1, 0.15) is 12.0 Å². The summed E-state index contributed by atoms with van der Waals surface area (Å²) < 4.78 is 1.83. The average Bonchev–Trinajstić information content (AvgIpc) is 2.72. The number of aromatic nitrogens is 2. The molecule has 2 rings (SSSR count). The van der Waals surface area contributed by atoms with Crippen molar-refractivity contribution in [1.29, 1.82) is 0 Å². The molecule has 0 saturated heterocycles. The molecule has 2 aromatic rings. The highest BCUT2D eigenvalue weighted by molar-refractivity contribution is 7.80. The zero-order valence-electron chi connectivity index (χ0n) is 10.2. The van der Waals surface area contributed by atoms with Gasteiger partial charge in [0.15, 0.2) is 10.3 Å². The van der Waals surface area contributed by atoms with Crippen LogP contribution in [0.25, 0.3) is 5.69 Å². The van der Waals surface area contributed by atoms with Gasteiger partial charge in [0.25, 0.3) is 0 Å². The van der Waals surface area contributed by atoms with Gasteiger partial charge >= 0.3 is 0 Å². The Bertz CT molecular complexity index is 618. The molecule has 0 amide bonds. The van der Waals surface area contributed by atoms with Crippen LogP contribution in [0.1, 0.15) is 11.3 Å². The van der Waals surface area contributed by atoms with Gasteiger partial charge in [0, 0.05) is 5.69 Å². The van der Waals surface area contributed by atoms with E-state index in [1.807, 2.05) is 35.8 Å². The number of nitrogens with two attached hydrogens (primary N) is 1. The van der Waals surface area contributed by atoms with E-state index in [1.54, 1.807) is 6.33 Å². The van der Waals surface area contributed by atoms with Crippen LogP contribution in [0.3, 0.4) is 0 Å². The molecule has 3 N–H and O–H groups in total. The lowest BCUT2D eigenvalue weighted by molar-refractivity contribution is 1.02. The zero-order valence-corrected chi connectivity index (χ0v) is 11.7. The summed E-state index contributed by atoms with van der Waals surface area (Å²) in [4.78, 5) is 4.06. The third-order valence-corrected chi connectivity index (χ3v) is 2.81. The molecule has 0 spiro atoms. The first kappa shape index (κ1) is 13.5. The van der Waals surface area contributed by atoms with Gasteiger partial charge in [0.05, 0.1) is 6.21 Å². The number of imidazole rings is 1. The highest BCUT2D eigenvalue weighted by Crippen LogP contribution is 2.17. The number of hydrazone groups is 1. The first-order chi connectivity index (χ1) is 9.08. The molecule has 0 aliphatic rings. The fraction of sp³-hybridized carbons (Fsp3) is 0.0833. The number of rotatable bonds is 3. The Morgan fingerprint density at radius 2 is 2.16 bits per heavy atom. The second kappa shape index (κ2) is 5.81. The van der Waals surface area contributed by atoms with Crippen molar-refractivity contribution in [3.63, 3.8) is 0 Å². The van der Waals surface area contributed by atoms with Gasteiger partial charge < -0.3 is 5.73 Å². The molecule has 0 aliphatic heterocycles. The molecule has 98 valence electrons. The lowest BCUT2D eigenvalue weighted by atomic mass is 10.2. The number of hydrogen-bond donors (Lipinski definition) is 2. The van der Waals surface area contributed by atoms with Crippen molar-refractivity contribution in [2.75, 3.05) is 0 Å². The van der Waals surface area contributed by atoms with E-state index < -0.39 is 0 Å². The SMILES string of the molecule is Cc1ccc(-n2cnc(Cl)c2C=NNC(N)=S)cc1. The van der Waals surface area contributed by atoms with Crippen molar-refractivity contribution in [2.24, 2.45) is 10.8 Å². The van der Waals surface area contributed by atoms with Crippen molar-refractivity contribution >= 4 is 35.1 Å². The molecule has 0 atom stereocenters. The van der Waals surface area contributed by atoms with E-state index in [9.17, 15) is 0 Å². The van der Waals surface area contributed by atoms with Crippen LogP contribution < -0.4 is 11.2 Å². The summed E-state index contributed by atoms with van der Waals surface area (Å²) in [6.45, 7) is 2.03. The number of hydrogen-bond acceptors (Lipinski definition) is 3. The zero-order chi connectivity index (χ0) is 13.8. The van der Waals surface area contributed by atoms with Crippen LogP contribution >= 0.6 is 23.8 Å². The summed E-state index contributed by atoms with van der Waals surface area (Å²) in [5, 5.41) is 4.34. The Kier molecular flexibility index (Phi) is 4.13. The Hall–Kier alpha value is -1.92. The predicted octanol–water partition coefficient (Wildman–Crippen LogP) is 2.00. The lowest BCUT2D eigenvalue weighted by Crippen LogP contribution is -2.24. The number of nitrogens with one attached hydrogen (secondary N) is 1. The molecule has 0 saturated carbocycles. The van der Waals surface area contributed by atoms with Gasteiger partial charge in [-0.25, -0.2) is 4.98 Å². The van der Waals surface area contributed by atoms with Crippen LogP contribution in [0.4, 0.5) is 0 Å². The van der Waals surface area contributed by atoms with Crippen LogP contribution in [0, 0.1) is 6.92 Å². The molecule has 7 heteroatoms. The van der Waals surface area contributed by atoms with E-state index >= 15 is 0 Å². The van der Waals surface area contributed by atoms with Crippen LogP contribution in [-0.4, -0.2) is 20.9 Å². The van der Waals surface area contributed by atoms with E-state index in [4.69, 9.17) is 17.3 Å². The Balaban J connectivity index is 2.34. The summed E-state index contributed by atoms with van der Waals surface area (Å²) in [7, 11) is 0. The fourth-order valence-corrected chi connectivity index (χ4v) is 1.76. The minimum atomic E-state index is 0.0915. The van der Waals surface area contributed by atoms with E-state index in [0.717, 1.165) is 5.69 Å². The number of aryl methyl sites for hydroxylation is 1. The van der Waals surface area contributed by atoms with Crippen LogP contribution in [0.2, 0.25) is 5.15 Å². The van der Waals surface area contributed by atoms with Crippen LogP contribution in [-0.2, 0) is 0 Å². The average molecular weight is 294 g/mol. The predicted molar refractivity (Wildman–Crippen MR) is 80.8 cm³/mol. The summed E-state index contributed by atoms with van der Waals surface area (Å²) in [6.07, 6.45) is 3.16. The van der Waals surface area contributed by atoms with Gasteiger partial charge in [-0.15, -0.1) is 0 Å². The minimum Gasteiger partial charge on any atom is -0.375 e. The third kappa shape index (κ3) is 3.30. The van der Waals surface area contributed by atoms with Gasteiger partial charge in [-0.05, 0) is 31.3 Å². The van der Waals surface area contributed by atoms with Crippen molar-refractivity contribution in [3.8, 4) is 5.69 Å². The standard InChI is InChI=1S/C12H12ClN5S/c1-8-2-4-9(5-3-8)18-7-15-11(13)10(18)6-16-17-12(14)19/h2-7H,1H3,(H3,14,17,19). The Morgan fingerprint density at radius 1 is 1.47 bits per heavy atom. The molecule has 1 heterocycles. The van der Waals surface area contributed by atoms with E-state index in [2.05, 4.69) is 27.7 Å². The molecule has 0 fully saturated rings. The van der Waals surface area contributed by atoms with Gasteiger partial charge in [0.2, 0.25) is 0 Å². The topological polar surface area (TPSA) is 68.2 Å². The molecule has 0 aliphatic carbocycles.